The third kappa shape index (κ3) is 5.80. The first-order valence-corrected chi connectivity index (χ1v) is 14.0. The third-order valence-corrected chi connectivity index (χ3v) is 8.30. The fourth-order valence-electron chi connectivity index (χ4n) is 6.35. The van der Waals surface area contributed by atoms with Crippen LogP contribution in [-0.2, 0) is 19.0 Å². The van der Waals surface area contributed by atoms with Crippen molar-refractivity contribution in [3.05, 3.63) is 76.9 Å². The third-order valence-electron chi connectivity index (χ3n) is 8.30. The first-order valence-electron chi connectivity index (χ1n) is 14.0. The Morgan fingerprint density at radius 1 is 1.10 bits per heavy atom. The summed E-state index contributed by atoms with van der Waals surface area (Å²) in [5.74, 6) is -2.35. The number of methoxy groups -OCH3 is 1. The highest BCUT2D eigenvalue weighted by molar-refractivity contribution is 6.43. The Kier molecular flexibility index (Phi) is 8.61. The van der Waals surface area contributed by atoms with Crippen molar-refractivity contribution in [1.82, 2.24) is 4.90 Å². The highest BCUT2D eigenvalue weighted by atomic mass is 16.5. The molecule has 0 spiro atoms. The standard InChI is InChI=1S/C31H34BNO8/c1-3-19(15-20-9-7-8-12-25(20)34)13-14-26-27-21(18-40-22-10-5-4-6-11-22)16-23-28(24(27)17-32(38)41-26)30(36)33(29(23)35)31(37)39-2/h4-12,15,23-24,26,28,34,38H,3,13-14,16-18H2,1-2H3/b19-15+/t23-,24+,26-,28-/m1/s1. The van der Waals surface area contributed by atoms with Crippen molar-refractivity contribution in [2.75, 3.05) is 13.7 Å². The van der Waals surface area contributed by atoms with E-state index in [-0.39, 0.29) is 25.1 Å². The minimum atomic E-state index is -1.13. The lowest BCUT2D eigenvalue weighted by molar-refractivity contribution is -0.137. The van der Waals surface area contributed by atoms with Gasteiger partial charge in [-0.25, -0.2) is 4.79 Å². The zero-order valence-electron chi connectivity index (χ0n) is 23.2. The molecule has 0 unspecified atom stereocenters. The highest BCUT2D eigenvalue weighted by Gasteiger charge is 2.59. The van der Waals surface area contributed by atoms with Gasteiger partial charge in [0.15, 0.2) is 0 Å². The van der Waals surface area contributed by atoms with E-state index in [1.54, 1.807) is 12.1 Å². The van der Waals surface area contributed by atoms with Gasteiger partial charge in [0.2, 0.25) is 11.8 Å². The van der Waals surface area contributed by atoms with Crippen molar-refractivity contribution in [2.24, 2.45) is 17.8 Å². The molecule has 0 aromatic heterocycles. The minimum Gasteiger partial charge on any atom is -0.507 e. The van der Waals surface area contributed by atoms with E-state index in [9.17, 15) is 24.5 Å². The Hall–Kier alpha value is -3.89. The molecule has 2 aliphatic heterocycles. The summed E-state index contributed by atoms with van der Waals surface area (Å²) in [6.07, 6.45) is 2.71. The van der Waals surface area contributed by atoms with E-state index >= 15 is 0 Å². The fraction of sp³-hybridized carbons (Fsp3) is 0.387. The van der Waals surface area contributed by atoms with Gasteiger partial charge in [-0.05, 0) is 67.3 Å². The van der Waals surface area contributed by atoms with Gasteiger partial charge in [0, 0.05) is 5.56 Å². The van der Waals surface area contributed by atoms with Crippen molar-refractivity contribution < 1.29 is 38.6 Å². The second kappa shape index (κ2) is 12.3. The molecule has 0 bridgehead atoms. The van der Waals surface area contributed by atoms with Gasteiger partial charge < -0.3 is 24.3 Å². The van der Waals surface area contributed by atoms with Gasteiger partial charge >= 0.3 is 13.2 Å². The monoisotopic (exact) mass is 559 g/mol. The largest absolute Gasteiger partial charge is 0.507 e. The molecule has 2 saturated heterocycles. The second-order valence-corrected chi connectivity index (χ2v) is 10.7. The molecule has 2 aromatic carbocycles. The number of amides is 3. The number of hydrogen-bond acceptors (Lipinski definition) is 8. The number of phenols is 1. The molecule has 214 valence electrons. The zero-order valence-corrected chi connectivity index (χ0v) is 23.2. The van der Waals surface area contributed by atoms with Crippen molar-refractivity contribution in [1.29, 1.82) is 0 Å². The first-order chi connectivity index (χ1) is 19.8. The number of carbonyl (C=O) groups is 3. The molecule has 2 N–H and O–H groups in total. The molecule has 3 aliphatic rings. The summed E-state index contributed by atoms with van der Waals surface area (Å²) in [4.78, 5) is 39.7. The Morgan fingerprint density at radius 2 is 1.83 bits per heavy atom. The topological polar surface area (TPSA) is 123 Å². The maximum Gasteiger partial charge on any atom is 0.455 e. The maximum atomic E-state index is 13.4. The Morgan fingerprint density at radius 3 is 2.54 bits per heavy atom. The number of aromatic hydroxyl groups is 1. The fourth-order valence-corrected chi connectivity index (χ4v) is 6.35. The normalized spacial score (nSPS) is 24.3. The smallest absolute Gasteiger partial charge is 0.455 e. The Balaban J connectivity index is 1.47. The Labute approximate surface area is 239 Å². The molecular weight excluding hydrogens is 525 g/mol. The molecule has 2 heterocycles. The van der Waals surface area contributed by atoms with Crippen LogP contribution in [0.4, 0.5) is 4.79 Å². The molecular formula is C31H34BNO8. The lowest BCUT2D eigenvalue weighted by Gasteiger charge is -2.43. The number of carbonyl (C=O) groups excluding carboxylic acids is 3. The van der Waals surface area contributed by atoms with Gasteiger partial charge in [-0.1, -0.05) is 55.0 Å². The number of likely N-dealkylation sites (tertiary alicyclic amines) is 1. The van der Waals surface area contributed by atoms with Crippen LogP contribution in [0, 0.1) is 17.8 Å². The summed E-state index contributed by atoms with van der Waals surface area (Å²) in [6.45, 7) is 2.22. The van der Waals surface area contributed by atoms with Gasteiger partial charge in [0.05, 0.1) is 25.0 Å². The van der Waals surface area contributed by atoms with E-state index in [1.807, 2.05) is 55.5 Å². The molecule has 0 saturated carbocycles. The first kappa shape index (κ1) is 28.6. The number of ether oxygens (including phenoxy) is 2. The molecule has 5 rings (SSSR count). The van der Waals surface area contributed by atoms with Crippen LogP contribution in [0.2, 0.25) is 6.32 Å². The summed E-state index contributed by atoms with van der Waals surface area (Å²) in [5, 5.41) is 21.0. The van der Waals surface area contributed by atoms with Crippen LogP contribution in [-0.4, -0.2) is 59.9 Å². The van der Waals surface area contributed by atoms with Crippen LogP contribution in [0.5, 0.6) is 11.5 Å². The van der Waals surface area contributed by atoms with E-state index in [0.29, 0.717) is 23.5 Å². The quantitative estimate of drug-likeness (QED) is 0.273. The number of phenolic OH excluding ortho intramolecular Hbond substituents is 1. The summed E-state index contributed by atoms with van der Waals surface area (Å²) >= 11 is 0. The van der Waals surface area contributed by atoms with Crippen molar-refractivity contribution >= 4 is 31.1 Å². The number of allylic oxidation sites excluding steroid dienone is 1. The summed E-state index contributed by atoms with van der Waals surface area (Å²) in [7, 11) is 0.00161. The number of imide groups is 3. The average molecular weight is 559 g/mol. The van der Waals surface area contributed by atoms with Crippen LogP contribution in [0.25, 0.3) is 6.08 Å². The number of para-hydroxylation sites is 2. The van der Waals surface area contributed by atoms with Gasteiger partial charge in [-0.15, -0.1) is 0 Å². The predicted octanol–water partition coefficient (Wildman–Crippen LogP) is 4.61. The number of rotatable bonds is 8. The molecule has 0 radical (unpaired) electrons. The maximum absolute atomic E-state index is 13.4. The van der Waals surface area contributed by atoms with Crippen molar-refractivity contribution in [3.63, 3.8) is 0 Å². The van der Waals surface area contributed by atoms with Crippen molar-refractivity contribution in [3.8, 4) is 11.5 Å². The molecule has 4 atom stereocenters. The molecule has 2 aromatic rings. The van der Waals surface area contributed by atoms with E-state index in [1.165, 1.54) is 0 Å². The number of benzene rings is 2. The summed E-state index contributed by atoms with van der Waals surface area (Å²) in [5.41, 5.74) is 3.51. The predicted molar refractivity (Wildman–Crippen MR) is 152 cm³/mol. The van der Waals surface area contributed by atoms with E-state index in [4.69, 9.17) is 14.1 Å². The molecule has 10 heteroatoms. The minimum absolute atomic E-state index is 0.129. The Bertz CT molecular complexity index is 1370. The lowest BCUT2D eigenvalue weighted by atomic mass is 9.58. The molecule has 41 heavy (non-hydrogen) atoms. The van der Waals surface area contributed by atoms with E-state index < -0.39 is 48.9 Å². The molecule has 3 amide bonds. The lowest BCUT2D eigenvalue weighted by Crippen LogP contribution is -2.46. The van der Waals surface area contributed by atoms with Gasteiger partial charge in [-0.3, -0.25) is 9.59 Å². The van der Waals surface area contributed by atoms with E-state index in [0.717, 1.165) is 35.8 Å². The van der Waals surface area contributed by atoms with Gasteiger partial charge in [0.1, 0.15) is 18.1 Å². The van der Waals surface area contributed by atoms with Crippen LogP contribution in [0.1, 0.15) is 38.2 Å². The van der Waals surface area contributed by atoms with Crippen molar-refractivity contribution in [2.45, 2.75) is 45.0 Å². The average Bonchev–Trinajstić information content (AvgIpc) is 3.23. The molecule has 2 fully saturated rings. The van der Waals surface area contributed by atoms with Crippen LogP contribution in [0.3, 0.4) is 0 Å². The highest BCUT2D eigenvalue weighted by Crippen LogP contribution is 2.50. The summed E-state index contributed by atoms with van der Waals surface area (Å²) in [6, 6.07) is 16.4. The van der Waals surface area contributed by atoms with Crippen LogP contribution in [0.15, 0.2) is 71.3 Å². The number of fused-ring (bicyclic) bond motifs is 3. The van der Waals surface area contributed by atoms with Gasteiger partial charge in [0.25, 0.3) is 0 Å². The molecule has 1 aliphatic carbocycles. The van der Waals surface area contributed by atoms with E-state index in [2.05, 4.69) is 0 Å². The number of hydrogen-bond donors (Lipinski definition) is 2. The second-order valence-electron chi connectivity index (χ2n) is 10.7. The SMILES string of the molecule is CC/C(=C\c1ccccc1O)CC[C@H]1OB(O)C[C@H]2C1=C(COc1ccccc1)C[C@H]1C(=O)N(C(=O)OC)C(=O)[C@H]12. The van der Waals surface area contributed by atoms with Gasteiger partial charge in [-0.2, -0.15) is 4.90 Å². The molecule has 9 nitrogen and oxygen atoms in total. The summed E-state index contributed by atoms with van der Waals surface area (Å²) < 4.78 is 16.9. The number of nitrogens with zero attached hydrogens (tertiary/aromatic N) is 1. The van der Waals surface area contributed by atoms with Crippen LogP contribution < -0.4 is 4.74 Å². The van der Waals surface area contributed by atoms with Crippen LogP contribution >= 0.6 is 0 Å². The zero-order chi connectivity index (χ0) is 29.1.